The molecule has 0 aromatic heterocycles. The van der Waals surface area contributed by atoms with Gasteiger partial charge in [-0.1, -0.05) is 59.6 Å². The Balaban J connectivity index is 1.82. The lowest BCUT2D eigenvalue weighted by Gasteiger charge is -2.43. The highest BCUT2D eigenvalue weighted by Crippen LogP contribution is 2.53. The molecular weight excluding hydrogens is 499 g/mol. The Morgan fingerprint density at radius 2 is 1.78 bits per heavy atom. The van der Waals surface area contributed by atoms with Gasteiger partial charge in [0, 0.05) is 27.4 Å². The van der Waals surface area contributed by atoms with Crippen molar-refractivity contribution < 1.29 is 24.1 Å². The van der Waals surface area contributed by atoms with Gasteiger partial charge in [0.15, 0.2) is 6.61 Å². The monoisotopic (exact) mass is 526 g/mol. The van der Waals surface area contributed by atoms with E-state index < -0.39 is 18.7 Å². The molecule has 0 saturated carbocycles. The van der Waals surface area contributed by atoms with Gasteiger partial charge in [-0.2, -0.15) is 0 Å². The number of carboxylic acid groups (broad SMARTS) is 1. The van der Waals surface area contributed by atoms with E-state index in [1.165, 1.54) is 0 Å². The number of ether oxygens (including phenoxy) is 3. The maximum Gasteiger partial charge on any atom is 0.341 e. The van der Waals surface area contributed by atoms with Crippen molar-refractivity contribution in [3.8, 4) is 11.5 Å². The Hall–Kier alpha value is -2.99. The average Bonchev–Trinajstić information content (AvgIpc) is 2.87. The first-order valence-electron chi connectivity index (χ1n) is 11.6. The first kappa shape index (κ1) is 26.1. The fourth-order valence-corrected chi connectivity index (χ4v) is 5.10. The zero-order valence-electron chi connectivity index (χ0n) is 20.1. The number of rotatable bonds is 8. The van der Waals surface area contributed by atoms with Crippen LogP contribution in [-0.4, -0.2) is 24.8 Å². The predicted octanol–water partition coefficient (Wildman–Crippen LogP) is 7.64. The minimum atomic E-state index is -1.06. The van der Waals surface area contributed by atoms with Crippen LogP contribution in [0.2, 0.25) is 10.0 Å². The topological polar surface area (TPSA) is 65.0 Å². The molecule has 36 heavy (non-hydrogen) atoms. The van der Waals surface area contributed by atoms with E-state index in [9.17, 15) is 9.90 Å². The van der Waals surface area contributed by atoms with Gasteiger partial charge >= 0.3 is 5.97 Å². The number of benzene rings is 3. The average molecular weight is 527 g/mol. The highest BCUT2D eigenvalue weighted by Gasteiger charge is 2.41. The molecule has 1 fully saturated rings. The van der Waals surface area contributed by atoms with Crippen molar-refractivity contribution in [3.63, 3.8) is 0 Å². The van der Waals surface area contributed by atoms with Crippen LogP contribution in [0.5, 0.6) is 11.5 Å². The number of carboxylic acids is 1. The van der Waals surface area contributed by atoms with E-state index >= 15 is 0 Å². The van der Waals surface area contributed by atoms with Crippen LogP contribution in [0.15, 0.2) is 78.9 Å². The second-order valence-corrected chi connectivity index (χ2v) is 9.84. The van der Waals surface area contributed by atoms with Gasteiger partial charge in [0.2, 0.25) is 0 Å². The summed E-state index contributed by atoms with van der Waals surface area (Å²) in [6.07, 6.45) is -0.0270. The third kappa shape index (κ3) is 5.86. The molecule has 1 aliphatic rings. The van der Waals surface area contributed by atoms with Gasteiger partial charge < -0.3 is 19.3 Å². The van der Waals surface area contributed by atoms with E-state index in [2.05, 4.69) is 12.6 Å². The smallest absolute Gasteiger partial charge is 0.341 e. The summed E-state index contributed by atoms with van der Waals surface area (Å²) in [6.45, 7) is 5.79. The number of halogens is 2. The molecular formula is C29H28Cl2O5. The lowest BCUT2D eigenvalue weighted by atomic mass is 9.74. The molecule has 188 valence electrons. The lowest BCUT2D eigenvalue weighted by molar-refractivity contribution is -0.139. The first-order valence-corrected chi connectivity index (χ1v) is 12.4. The SMILES string of the molecule is C=C(C)[C@H]1C[C@H](c2cccc(Cl)c2)[C@H](c2ccc(Cl)cc2)O[C@@H]1c1cc(OC)ccc1OCC(=O)O. The summed E-state index contributed by atoms with van der Waals surface area (Å²) in [5, 5.41) is 10.5. The van der Waals surface area contributed by atoms with Crippen LogP contribution < -0.4 is 9.47 Å². The molecule has 1 saturated heterocycles. The van der Waals surface area contributed by atoms with E-state index in [4.69, 9.17) is 37.4 Å². The number of hydrogen-bond donors (Lipinski definition) is 1. The zero-order valence-corrected chi connectivity index (χ0v) is 21.6. The predicted molar refractivity (Wildman–Crippen MR) is 141 cm³/mol. The molecule has 4 atom stereocenters. The minimum absolute atomic E-state index is 0.00294. The summed E-state index contributed by atoms with van der Waals surface area (Å²) in [5.41, 5.74) is 3.71. The molecule has 1 heterocycles. The zero-order chi connectivity index (χ0) is 25.8. The van der Waals surface area contributed by atoms with Gasteiger partial charge in [0.1, 0.15) is 11.5 Å². The van der Waals surface area contributed by atoms with E-state index in [-0.39, 0.29) is 17.9 Å². The van der Waals surface area contributed by atoms with E-state index in [0.29, 0.717) is 27.1 Å². The van der Waals surface area contributed by atoms with Gasteiger partial charge in [-0.05, 0) is 66.9 Å². The van der Waals surface area contributed by atoms with Crippen molar-refractivity contribution in [1.29, 1.82) is 0 Å². The number of methoxy groups -OCH3 is 1. The number of carbonyl (C=O) groups is 1. The second kappa shape index (κ2) is 11.4. The molecule has 3 aromatic rings. The molecule has 0 unspecified atom stereocenters. The third-order valence-corrected chi connectivity index (χ3v) is 7.00. The van der Waals surface area contributed by atoms with Gasteiger partial charge in [0.05, 0.1) is 19.3 Å². The highest BCUT2D eigenvalue weighted by molar-refractivity contribution is 6.30. The summed E-state index contributed by atoms with van der Waals surface area (Å²) < 4.78 is 18.0. The maximum absolute atomic E-state index is 11.2. The molecule has 0 aliphatic carbocycles. The van der Waals surface area contributed by atoms with E-state index in [0.717, 1.165) is 23.1 Å². The van der Waals surface area contributed by atoms with Crippen LogP contribution in [0.3, 0.4) is 0 Å². The molecule has 4 rings (SSSR count). The molecule has 7 heteroatoms. The molecule has 3 aromatic carbocycles. The second-order valence-electron chi connectivity index (χ2n) is 8.97. The van der Waals surface area contributed by atoms with Crippen LogP contribution >= 0.6 is 23.2 Å². The van der Waals surface area contributed by atoms with Crippen LogP contribution in [0.25, 0.3) is 0 Å². The molecule has 0 spiro atoms. The fourth-order valence-electron chi connectivity index (χ4n) is 4.78. The van der Waals surface area contributed by atoms with E-state index in [1.807, 2.05) is 55.5 Å². The molecule has 0 amide bonds. The summed E-state index contributed by atoms with van der Waals surface area (Å²) >= 11 is 12.5. The van der Waals surface area contributed by atoms with Crippen molar-refractivity contribution in [2.45, 2.75) is 31.5 Å². The summed E-state index contributed by atoms with van der Waals surface area (Å²) in [6, 6.07) is 20.8. The Morgan fingerprint density at radius 1 is 1.03 bits per heavy atom. The fraction of sp³-hybridized carbons (Fsp3) is 0.276. The Kier molecular flexibility index (Phi) is 8.24. The number of hydrogen-bond acceptors (Lipinski definition) is 4. The van der Waals surface area contributed by atoms with Crippen LogP contribution in [0.1, 0.15) is 48.2 Å². The first-order chi connectivity index (χ1) is 17.3. The molecule has 5 nitrogen and oxygen atoms in total. The van der Waals surface area contributed by atoms with Crippen molar-refractivity contribution in [3.05, 3.63) is 106 Å². The van der Waals surface area contributed by atoms with Crippen LogP contribution in [0.4, 0.5) is 0 Å². The van der Waals surface area contributed by atoms with E-state index in [1.54, 1.807) is 19.2 Å². The van der Waals surface area contributed by atoms with Gasteiger partial charge in [-0.3, -0.25) is 0 Å². The Labute approximate surface area is 221 Å². The standard InChI is InChI=1S/C29H28Cl2O5/c1-17(2)23-15-24(19-5-4-6-21(31)13-19)28(18-7-9-20(30)10-8-18)36-29(23)25-14-22(34-3)11-12-26(25)35-16-27(32)33/h4-14,23-24,28-29H,1,15-16H2,2-3H3,(H,32,33)/t23-,24-,28+,29+/m1/s1. The summed E-state index contributed by atoms with van der Waals surface area (Å²) in [5.74, 6) is -0.0752. The summed E-state index contributed by atoms with van der Waals surface area (Å²) in [7, 11) is 1.58. The maximum atomic E-state index is 11.2. The van der Waals surface area contributed by atoms with Crippen molar-refractivity contribution >= 4 is 29.2 Å². The highest BCUT2D eigenvalue weighted by atomic mass is 35.5. The minimum Gasteiger partial charge on any atom is -0.497 e. The van der Waals surface area contributed by atoms with Gasteiger partial charge in [-0.15, -0.1) is 0 Å². The van der Waals surface area contributed by atoms with Crippen LogP contribution in [0, 0.1) is 5.92 Å². The molecule has 1 aliphatic heterocycles. The van der Waals surface area contributed by atoms with Crippen LogP contribution in [-0.2, 0) is 9.53 Å². The van der Waals surface area contributed by atoms with Gasteiger partial charge in [0.25, 0.3) is 0 Å². The molecule has 1 N–H and O–H groups in total. The van der Waals surface area contributed by atoms with Crippen molar-refractivity contribution in [2.24, 2.45) is 5.92 Å². The quantitative estimate of drug-likeness (QED) is 0.305. The van der Waals surface area contributed by atoms with Crippen molar-refractivity contribution in [2.75, 3.05) is 13.7 Å². The van der Waals surface area contributed by atoms with Gasteiger partial charge in [-0.25, -0.2) is 4.79 Å². The number of aliphatic carboxylic acids is 1. The normalized spacial score (nSPS) is 21.6. The lowest BCUT2D eigenvalue weighted by Crippen LogP contribution is -2.32. The Morgan fingerprint density at radius 3 is 2.42 bits per heavy atom. The Bertz CT molecular complexity index is 1240. The molecule has 0 radical (unpaired) electrons. The summed E-state index contributed by atoms with van der Waals surface area (Å²) in [4.78, 5) is 11.2. The largest absolute Gasteiger partial charge is 0.497 e. The third-order valence-electron chi connectivity index (χ3n) is 6.51. The van der Waals surface area contributed by atoms with Crippen molar-refractivity contribution in [1.82, 2.24) is 0 Å². The molecule has 0 bridgehead atoms.